The van der Waals surface area contributed by atoms with Crippen molar-refractivity contribution in [1.29, 1.82) is 0 Å². The number of anilines is 1. The Bertz CT molecular complexity index is 324. The minimum atomic E-state index is 0.634. The van der Waals surface area contributed by atoms with Gasteiger partial charge in [-0.25, -0.2) is 0 Å². The zero-order valence-electron chi connectivity index (χ0n) is 9.57. The van der Waals surface area contributed by atoms with Gasteiger partial charge in [-0.2, -0.15) is 0 Å². The van der Waals surface area contributed by atoms with Gasteiger partial charge in [0.15, 0.2) is 0 Å². The minimum Gasteiger partial charge on any atom is -0.495 e. The molecule has 1 saturated heterocycles. The molecule has 15 heavy (non-hydrogen) atoms. The van der Waals surface area contributed by atoms with Gasteiger partial charge in [0.2, 0.25) is 0 Å². The Morgan fingerprint density at radius 2 is 2.07 bits per heavy atom. The number of para-hydroxylation sites is 2. The molecule has 0 aromatic heterocycles. The largest absolute Gasteiger partial charge is 0.495 e. The fourth-order valence-corrected chi connectivity index (χ4v) is 2.32. The molecular formula is C13H19NO. The van der Waals surface area contributed by atoms with Crippen LogP contribution in [0.15, 0.2) is 24.3 Å². The molecule has 2 nitrogen and oxygen atoms in total. The molecule has 1 unspecified atom stereocenters. The van der Waals surface area contributed by atoms with Gasteiger partial charge in [0.05, 0.1) is 12.8 Å². The van der Waals surface area contributed by atoms with Gasteiger partial charge in [0, 0.05) is 12.6 Å². The first-order valence-corrected chi connectivity index (χ1v) is 5.72. The maximum absolute atomic E-state index is 5.41. The molecule has 0 N–H and O–H groups in total. The van der Waals surface area contributed by atoms with Crippen LogP contribution in [0.4, 0.5) is 5.69 Å². The van der Waals surface area contributed by atoms with Gasteiger partial charge in [0.1, 0.15) is 5.75 Å². The van der Waals surface area contributed by atoms with Crippen molar-refractivity contribution in [2.75, 3.05) is 18.6 Å². The zero-order valence-corrected chi connectivity index (χ0v) is 9.57. The highest BCUT2D eigenvalue weighted by Crippen LogP contribution is 2.32. The number of rotatable bonds is 2. The van der Waals surface area contributed by atoms with E-state index >= 15 is 0 Å². The van der Waals surface area contributed by atoms with Gasteiger partial charge >= 0.3 is 0 Å². The summed E-state index contributed by atoms with van der Waals surface area (Å²) in [6.07, 6.45) is 3.94. The lowest BCUT2D eigenvalue weighted by Gasteiger charge is -2.36. The van der Waals surface area contributed by atoms with E-state index in [1.807, 2.05) is 12.1 Å². The van der Waals surface area contributed by atoms with Crippen molar-refractivity contribution in [2.45, 2.75) is 32.2 Å². The molecule has 1 atom stereocenters. The highest BCUT2D eigenvalue weighted by Gasteiger charge is 2.20. The van der Waals surface area contributed by atoms with Crippen LogP contribution < -0.4 is 9.64 Å². The first-order valence-electron chi connectivity index (χ1n) is 5.72. The van der Waals surface area contributed by atoms with E-state index in [2.05, 4.69) is 24.0 Å². The van der Waals surface area contributed by atoms with E-state index in [1.54, 1.807) is 7.11 Å². The van der Waals surface area contributed by atoms with Crippen molar-refractivity contribution < 1.29 is 4.74 Å². The first kappa shape index (κ1) is 10.3. The molecule has 1 aromatic rings. The Balaban J connectivity index is 2.26. The summed E-state index contributed by atoms with van der Waals surface area (Å²) in [6.45, 7) is 3.45. The summed E-state index contributed by atoms with van der Waals surface area (Å²) in [4.78, 5) is 2.46. The number of nitrogens with zero attached hydrogens (tertiary/aromatic N) is 1. The third-order valence-electron chi connectivity index (χ3n) is 3.20. The molecule has 0 saturated carbocycles. The fourth-order valence-electron chi connectivity index (χ4n) is 2.32. The Hall–Kier alpha value is -1.18. The number of methoxy groups -OCH3 is 1. The minimum absolute atomic E-state index is 0.634. The quantitative estimate of drug-likeness (QED) is 0.735. The summed E-state index contributed by atoms with van der Waals surface area (Å²) in [5.41, 5.74) is 1.24. The van der Waals surface area contributed by atoms with Crippen LogP contribution in [0.1, 0.15) is 26.2 Å². The van der Waals surface area contributed by atoms with Crippen molar-refractivity contribution >= 4 is 5.69 Å². The molecule has 1 aliphatic rings. The predicted octanol–water partition coefficient (Wildman–Crippen LogP) is 3.07. The van der Waals surface area contributed by atoms with E-state index < -0.39 is 0 Å². The highest BCUT2D eigenvalue weighted by molar-refractivity contribution is 5.59. The molecule has 0 amide bonds. The molecule has 0 bridgehead atoms. The zero-order chi connectivity index (χ0) is 10.7. The fraction of sp³-hybridized carbons (Fsp3) is 0.538. The standard InChI is InChI=1S/C13H19NO/c1-11-7-5-6-10-14(11)12-8-3-4-9-13(12)15-2/h3-4,8-9,11H,5-7,10H2,1-2H3. The van der Waals surface area contributed by atoms with Crippen LogP contribution in [0, 0.1) is 0 Å². The maximum Gasteiger partial charge on any atom is 0.142 e. The number of benzene rings is 1. The van der Waals surface area contributed by atoms with Gasteiger partial charge < -0.3 is 9.64 Å². The second kappa shape index (κ2) is 4.56. The summed E-state index contributed by atoms with van der Waals surface area (Å²) < 4.78 is 5.41. The van der Waals surface area contributed by atoms with Gasteiger partial charge in [0.25, 0.3) is 0 Å². The molecule has 0 radical (unpaired) electrons. The number of piperidine rings is 1. The monoisotopic (exact) mass is 205 g/mol. The summed E-state index contributed by atoms with van der Waals surface area (Å²) >= 11 is 0. The van der Waals surface area contributed by atoms with Gasteiger partial charge in [-0.05, 0) is 38.3 Å². The highest BCUT2D eigenvalue weighted by atomic mass is 16.5. The van der Waals surface area contributed by atoms with Crippen molar-refractivity contribution in [1.82, 2.24) is 0 Å². The summed E-state index contributed by atoms with van der Waals surface area (Å²) in [7, 11) is 1.74. The average Bonchev–Trinajstić information content (AvgIpc) is 2.30. The molecule has 2 heteroatoms. The second-order valence-corrected chi connectivity index (χ2v) is 4.21. The van der Waals surface area contributed by atoms with Crippen molar-refractivity contribution in [3.63, 3.8) is 0 Å². The third kappa shape index (κ3) is 2.09. The molecule has 1 fully saturated rings. The molecule has 1 aliphatic heterocycles. The topological polar surface area (TPSA) is 12.5 Å². The van der Waals surface area contributed by atoms with Gasteiger partial charge in [-0.1, -0.05) is 12.1 Å². The van der Waals surface area contributed by atoms with Crippen LogP contribution in [-0.4, -0.2) is 19.7 Å². The lowest BCUT2D eigenvalue weighted by Crippen LogP contribution is -2.37. The number of hydrogen-bond donors (Lipinski definition) is 0. The molecule has 0 spiro atoms. The number of ether oxygens (including phenoxy) is 1. The molecule has 2 rings (SSSR count). The molecule has 1 aromatic carbocycles. The third-order valence-corrected chi connectivity index (χ3v) is 3.20. The lowest BCUT2D eigenvalue weighted by atomic mass is 10.0. The number of hydrogen-bond acceptors (Lipinski definition) is 2. The van der Waals surface area contributed by atoms with Gasteiger partial charge in [-0.15, -0.1) is 0 Å². The smallest absolute Gasteiger partial charge is 0.142 e. The average molecular weight is 205 g/mol. The Morgan fingerprint density at radius 1 is 1.27 bits per heavy atom. The molecule has 0 aliphatic carbocycles. The summed E-state index contributed by atoms with van der Waals surface area (Å²) in [5, 5.41) is 0. The van der Waals surface area contributed by atoms with Crippen molar-refractivity contribution in [3.8, 4) is 5.75 Å². The first-order chi connectivity index (χ1) is 7.33. The Kier molecular flexibility index (Phi) is 3.14. The van der Waals surface area contributed by atoms with Crippen LogP contribution in [0.25, 0.3) is 0 Å². The summed E-state index contributed by atoms with van der Waals surface area (Å²) in [6, 6.07) is 8.93. The van der Waals surface area contributed by atoms with Crippen LogP contribution in [0.3, 0.4) is 0 Å². The van der Waals surface area contributed by atoms with E-state index in [1.165, 1.54) is 24.9 Å². The Morgan fingerprint density at radius 3 is 2.80 bits per heavy atom. The van der Waals surface area contributed by atoms with Crippen LogP contribution in [0.2, 0.25) is 0 Å². The van der Waals surface area contributed by atoms with E-state index in [0.717, 1.165) is 12.3 Å². The summed E-state index contributed by atoms with van der Waals surface area (Å²) in [5.74, 6) is 0.992. The normalized spacial score (nSPS) is 21.5. The lowest BCUT2D eigenvalue weighted by molar-refractivity contribution is 0.407. The van der Waals surface area contributed by atoms with E-state index in [-0.39, 0.29) is 0 Å². The van der Waals surface area contributed by atoms with Crippen molar-refractivity contribution in [3.05, 3.63) is 24.3 Å². The maximum atomic E-state index is 5.41. The van der Waals surface area contributed by atoms with E-state index in [0.29, 0.717) is 6.04 Å². The van der Waals surface area contributed by atoms with Gasteiger partial charge in [-0.3, -0.25) is 0 Å². The van der Waals surface area contributed by atoms with Crippen LogP contribution >= 0.6 is 0 Å². The van der Waals surface area contributed by atoms with Crippen LogP contribution in [0.5, 0.6) is 5.75 Å². The Labute approximate surface area is 91.9 Å². The van der Waals surface area contributed by atoms with E-state index in [4.69, 9.17) is 4.74 Å². The second-order valence-electron chi connectivity index (χ2n) is 4.21. The van der Waals surface area contributed by atoms with Crippen LogP contribution in [-0.2, 0) is 0 Å². The predicted molar refractivity (Wildman–Crippen MR) is 63.7 cm³/mol. The molecule has 1 heterocycles. The van der Waals surface area contributed by atoms with Crippen molar-refractivity contribution in [2.24, 2.45) is 0 Å². The molecular weight excluding hydrogens is 186 g/mol. The SMILES string of the molecule is COc1ccccc1N1CCCCC1C. The van der Waals surface area contributed by atoms with E-state index in [9.17, 15) is 0 Å². The molecule has 82 valence electrons.